The van der Waals surface area contributed by atoms with E-state index in [4.69, 9.17) is 10.9 Å². The van der Waals surface area contributed by atoms with Crippen molar-refractivity contribution in [2.45, 2.75) is 12.2 Å². The number of aliphatic hydroxyl groups excluding tert-OH is 2. The summed E-state index contributed by atoms with van der Waals surface area (Å²) in [4.78, 5) is 1.87. The first-order valence-corrected chi connectivity index (χ1v) is 6.20. The van der Waals surface area contributed by atoms with E-state index in [1.807, 2.05) is 4.90 Å². The van der Waals surface area contributed by atoms with E-state index < -0.39 is 12.2 Å². The molecule has 0 aromatic heterocycles. The molecule has 0 aliphatic carbocycles. The number of aliphatic hydroxyl groups is 2. The molecule has 2 atom stereocenters. The number of β-amino-alcohol motifs (C(OH)–C–C–N with tert-alkyl or cyclic N) is 2. The Kier molecular flexibility index (Phi) is 3.74. The molecule has 2 rings (SSSR count). The predicted molar refractivity (Wildman–Crippen MR) is 70.9 cm³/mol. The summed E-state index contributed by atoms with van der Waals surface area (Å²) in [6.45, 7) is 0.755. The molecule has 6 nitrogen and oxygen atoms in total. The maximum Gasteiger partial charge on any atom is 0.170 e. The van der Waals surface area contributed by atoms with E-state index in [0.717, 1.165) is 10.2 Å². The summed E-state index contributed by atoms with van der Waals surface area (Å²) in [5.74, 6) is 0.0312. The fourth-order valence-electron chi connectivity index (χ4n) is 1.95. The molecule has 18 heavy (non-hydrogen) atoms. The Morgan fingerprint density at radius 3 is 2.44 bits per heavy atom. The minimum absolute atomic E-state index is 0.0312. The lowest BCUT2D eigenvalue weighted by atomic mass is 10.2. The molecule has 1 saturated heterocycles. The molecule has 0 spiro atoms. The molecule has 1 heterocycles. The van der Waals surface area contributed by atoms with Crippen LogP contribution in [0.15, 0.2) is 27.8 Å². The van der Waals surface area contributed by atoms with E-state index in [-0.39, 0.29) is 5.84 Å². The zero-order valence-electron chi connectivity index (χ0n) is 9.49. The molecule has 5 N–H and O–H groups in total. The van der Waals surface area contributed by atoms with Gasteiger partial charge in [-0.3, -0.25) is 0 Å². The van der Waals surface area contributed by atoms with Gasteiger partial charge in [0, 0.05) is 23.1 Å². The molecule has 0 bridgehead atoms. The van der Waals surface area contributed by atoms with E-state index in [9.17, 15) is 10.2 Å². The fourth-order valence-corrected chi connectivity index (χ4v) is 2.58. The van der Waals surface area contributed by atoms with E-state index >= 15 is 0 Å². The largest absolute Gasteiger partial charge is 0.409 e. The molecular weight excluding hydrogens is 302 g/mol. The summed E-state index contributed by atoms with van der Waals surface area (Å²) >= 11 is 3.40. The van der Waals surface area contributed by atoms with E-state index in [0.29, 0.717) is 18.7 Å². The van der Waals surface area contributed by atoms with E-state index in [1.165, 1.54) is 0 Å². The highest BCUT2D eigenvalue weighted by molar-refractivity contribution is 9.10. The van der Waals surface area contributed by atoms with Crippen LogP contribution < -0.4 is 10.6 Å². The molecule has 7 heteroatoms. The van der Waals surface area contributed by atoms with Crippen LogP contribution in [0.5, 0.6) is 0 Å². The van der Waals surface area contributed by atoms with Crippen LogP contribution in [0.2, 0.25) is 0 Å². The average Bonchev–Trinajstić information content (AvgIpc) is 2.68. The monoisotopic (exact) mass is 315 g/mol. The third-order valence-corrected chi connectivity index (χ3v) is 3.59. The van der Waals surface area contributed by atoms with Gasteiger partial charge in [0.05, 0.1) is 17.9 Å². The Balaban J connectivity index is 2.26. The number of rotatable bonds is 2. The molecule has 0 saturated carbocycles. The quantitative estimate of drug-likeness (QED) is 0.268. The summed E-state index contributed by atoms with van der Waals surface area (Å²) in [5.41, 5.74) is 6.93. The van der Waals surface area contributed by atoms with Gasteiger partial charge in [-0.25, -0.2) is 0 Å². The average molecular weight is 316 g/mol. The summed E-state index contributed by atoms with van der Waals surface area (Å²) in [5, 5.41) is 30.6. The number of oxime groups is 1. The highest BCUT2D eigenvalue weighted by Gasteiger charge is 2.30. The van der Waals surface area contributed by atoms with Gasteiger partial charge in [0.2, 0.25) is 0 Å². The van der Waals surface area contributed by atoms with Gasteiger partial charge in [-0.1, -0.05) is 5.16 Å². The van der Waals surface area contributed by atoms with Gasteiger partial charge >= 0.3 is 0 Å². The van der Waals surface area contributed by atoms with Crippen molar-refractivity contribution in [1.82, 2.24) is 0 Å². The standard InChI is InChI=1S/C11H14BrN3O3/c12-7-3-6(11(13)14-18)1-2-8(7)15-4-9(16)10(17)5-15/h1-3,9-10,16-18H,4-5H2,(H2,13,14). The van der Waals surface area contributed by atoms with Crippen molar-refractivity contribution in [2.24, 2.45) is 10.9 Å². The maximum atomic E-state index is 9.52. The van der Waals surface area contributed by atoms with Gasteiger partial charge in [-0.05, 0) is 34.1 Å². The second-order valence-corrected chi connectivity index (χ2v) is 5.05. The second kappa shape index (κ2) is 5.13. The molecule has 0 amide bonds. The Labute approximate surface area is 112 Å². The van der Waals surface area contributed by atoms with Gasteiger partial charge in [0.15, 0.2) is 5.84 Å². The first kappa shape index (κ1) is 13.1. The molecule has 98 valence electrons. The maximum absolute atomic E-state index is 9.52. The summed E-state index contributed by atoms with van der Waals surface area (Å²) in [7, 11) is 0. The molecule has 2 unspecified atom stereocenters. The van der Waals surface area contributed by atoms with Crippen molar-refractivity contribution >= 4 is 27.5 Å². The van der Waals surface area contributed by atoms with Gasteiger partial charge in [-0.15, -0.1) is 0 Å². The molecule has 1 aliphatic heterocycles. The van der Waals surface area contributed by atoms with Crippen LogP contribution in [0.3, 0.4) is 0 Å². The Hall–Kier alpha value is -1.31. The topological polar surface area (TPSA) is 102 Å². The zero-order chi connectivity index (χ0) is 13.3. The van der Waals surface area contributed by atoms with Gasteiger partial charge in [0.1, 0.15) is 0 Å². The number of nitrogens with two attached hydrogens (primary N) is 1. The van der Waals surface area contributed by atoms with Crippen molar-refractivity contribution in [2.75, 3.05) is 18.0 Å². The zero-order valence-corrected chi connectivity index (χ0v) is 11.1. The van der Waals surface area contributed by atoms with Crippen molar-refractivity contribution < 1.29 is 15.4 Å². The lowest BCUT2D eigenvalue weighted by Gasteiger charge is -2.19. The first-order valence-electron chi connectivity index (χ1n) is 5.41. The predicted octanol–water partition coefficient (Wildman–Crippen LogP) is 0.0854. The molecule has 0 radical (unpaired) electrons. The van der Waals surface area contributed by atoms with Crippen molar-refractivity contribution in [3.8, 4) is 0 Å². The summed E-state index contributed by atoms with van der Waals surface area (Å²) in [6, 6.07) is 5.23. The number of nitrogens with zero attached hydrogens (tertiary/aromatic N) is 2. The third kappa shape index (κ3) is 2.43. The lowest BCUT2D eigenvalue weighted by Crippen LogP contribution is -2.22. The first-order chi connectivity index (χ1) is 8.52. The van der Waals surface area contributed by atoms with Gasteiger partial charge < -0.3 is 26.1 Å². The van der Waals surface area contributed by atoms with Crippen LogP contribution in [-0.4, -0.2) is 46.6 Å². The van der Waals surface area contributed by atoms with Crippen molar-refractivity contribution in [1.29, 1.82) is 0 Å². The van der Waals surface area contributed by atoms with Crippen LogP contribution in [0.1, 0.15) is 5.56 Å². The number of benzene rings is 1. The number of amidine groups is 1. The molecule has 1 aromatic rings. The van der Waals surface area contributed by atoms with E-state index in [1.54, 1.807) is 18.2 Å². The Bertz CT molecular complexity index is 471. The van der Waals surface area contributed by atoms with E-state index in [2.05, 4.69) is 21.1 Å². The van der Waals surface area contributed by atoms with Gasteiger partial charge in [0.25, 0.3) is 0 Å². The third-order valence-electron chi connectivity index (χ3n) is 2.95. The van der Waals surface area contributed by atoms with Crippen LogP contribution in [0.25, 0.3) is 0 Å². The molecule has 1 aliphatic rings. The SMILES string of the molecule is N/C(=N/O)c1ccc(N2CC(O)C(O)C2)c(Br)c1. The number of hydrogen-bond donors (Lipinski definition) is 4. The number of hydrogen-bond acceptors (Lipinski definition) is 5. The molecule has 1 aromatic carbocycles. The number of halogens is 1. The summed E-state index contributed by atoms with van der Waals surface area (Å²) in [6.07, 6.45) is -1.47. The van der Waals surface area contributed by atoms with Crippen LogP contribution in [0, 0.1) is 0 Å². The minimum Gasteiger partial charge on any atom is -0.409 e. The molecule has 1 fully saturated rings. The van der Waals surface area contributed by atoms with Crippen LogP contribution in [-0.2, 0) is 0 Å². The molecular formula is C11H14BrN3O3. The lowest BCUT2D eigenvalue weighted by molar-refractivity contribution is 0.0572. The smallest absolute Gasteiger partial charge is 0.170 e. The summed E-state index contributed by atoms with van der Waals surface area (Å²) < 4.78 is 0.757. The van der Waals surface area contributed by atoms with Crippen LogP contribution >= 0.6 is 15.9 Å². The van der Waals surface area contributed by atoms with Crippen LogP contribution in [0.4, 0.5) is 5.69 Å². The van der Waals surface area contributed by atoms with Crippen molar-refractivity contribution in [3.05, 3.63) is 28.2 Å². The Morgan fingerprint density at radius 2 is 1.94 bits per heavy atom. The minimum atomic E-state index is -0.736. The van der Waals surface area contributed by atoms with Gasteiger partial charge in [-0.2, -0.15) is 0 Å². The Morgan fingerprint density at radius 1 is 1.33 bits per heavy atom. The fraction of sp³-hybridized carbons (Fsp3) is 0.364. The second-order valence-electron chi connectivity index (χ2n) is 4.19. The normalized spacial score (nSPS) is 24.6. The van der Waals surface area contributed by atoms with Crippen molar-refractivity contribution in [3.63, 3.8) is 0 Å². The number of anilines is 1. The highest BCUT2D eigenvalue weighted by atomic mass is 79.9. The highest BCUT2D eigenvalue weighted by Crippen LogP contribution is 2.30.